The molecule has 78 valence electrons. The molecule has 0 fully saturated rings. The summed E-state index contributed by atoms with van der Waals surface area (Å²) in [7, 11) is 1.65. The Morgan fingerprint density at radius 1 is 0.929 bits per heavy atom. The van der Waals surface area contributed by atoms with Crippen LogP contribution in [0.1, 0.15) is 5.56 Å². The van der Waals surface area contributed by atoms with E-state index in [-0.39, 0.29) is 0 Å². The van der Waals surface area contributed by atoms with Crippen molar-refractivity contribution >= 4 is 79.6 Å². The maximum Gasteiger partial charge on any atom is 0.139 e. The first kappa shape index (κ1) is 13.5. The van der Waals surface area contributed by atoms with E-state index >= 15 is 0 Å². The zero-order valence-electron chi connectivity index (χ0n) is 7.01. The predicted octanol–water partition coefficient (Wildman–Crippen LogP) is 5.64. The third-order valence-corrected chi connectivity index (χ3v) is 7.03. The first-order valence-electron chi connectivity index (χ1n) is 3.49. The Morgan fingerprint density at radius 3 is 1.86 bits per heavy atom. The van der Waals surface area contributed by atoms with E-state index in [1.165, 1.54) is 0 Å². The summed E-state index contributed by atoms with van der Waals surface area (Å²) in [6.07, 6.45) is 0. The van der Waals surface area contributed by atoms with Gasteiger partial charge in [-0.1, -0.05) is 15.9 Å². The van der Waals surface area contributed by atoms with Crippen molar-refractivity contribution in [2.45, 2.75) is 5.33 Å². The van der Waals surface area contributed by atoms with E-state index in [9.17, 15) is 0 Å². The first-order valence-corrected chi connectivity index (χ1v) is 7.78. The number of hydrogen-bond donors (Lipinski definition) is 0. The molecule has 0 aliphatic rings. The Balaban J connectivity index is 3.57. The van der Waals surface area contributed by atoms with E-state index in [0.717, 1.165) is 34.5 Å². The summed E-state index contributed by atoms with van der Waals surface area (Å²) in [6, 6.07) is 0. The van der Waals surface area contributed by atoms with Crippen LogP contribution in [-0.2, 0) is 5.33 Å². The summed E-state index contributed by atoms with van der Waals surface area (Å²) in [4.78, 5) is 0. The largest absolute Gasteiger partial charge is 0.495 e. The molecule has 0 bridgehead atoms. The van der Waals surface area contributed by atoms with Crippen LogP contribution in [0.4, 0.5) is 0 Å². The molecule has 0 saturated carbocycles. The van der Waals surface area contributed by atoms with Crippen LogP contribution in [-0.4, -0.2) is 7.11 Å². The molecule has 0 saturated heterocycles. The molecule has 1 aromatic rings. The predicted molar refractivity (Wildman–Crippen MR) is 76.4 cm³/mol. The molecule has 14 heavy (non-hydrogen) atoms. The molecule has 0 heterocycles. The first-order chi connectivity index (χ1) is 6.54. The number of hydrogen-bond acceptors (Lipinski definition) is 1. The minimum atomic E-state index is 0.723. The monoisotopic (exact) mass is 512 g/mol. The van der Waals surface area contributed by atoms with Crippen molar-refractivity contribution in [1.29, 1.82) is 0 Å². The van der Waals surface area contributed by atoms with E-state index in [1.54, 1.807) is 7.11 Å². The molecule has 0 aliphatic carbocycles. The molecule has 0 aromatic heterocycles. The fourth-order valence-corrected chi connectivity index (χ4v) is 4.37. The molecule has 1 rings (SSSR count). The second-order valence-corrected chi connectivity index (χ2v) is 6.13. The summed E-state index contributed by atoms with van der Waals surface area (Å²) in [5.41, 5.74) is 1.06. The van der Waals surface area contributed by atoms with Gasteiger partial charge in [0.1, 0.15) is 5.75 Å². The smallest absolute Gasteiger partial charge is 0.139 e. The Morgan fingerprint density at radius 2 is 1.43 bits per heavy atom. The Kier molecular flexibility index (Phi) is 5.45. The minimum Gasteiger partial charge on any atom is -0.495 e. The van der Waals surface area contributed by atoms with E-state index in [2.05, 4.69) is 79.6 Å². The molecule has 0 radical (unpaired) electrons. The van der Waals surface area contributed by atoms with Crippen molar-refractivity contribution in [1.82, 2.24) is 0 Å². The summed E-state index contributed by atoms with van der Waals surface area (Å²) in [6.45, 7) is 0. The lowest BCUT2D eigenvalue weighted by Crippen LogP contribution is -1.94. The summed E-state index contributed by atoms with van der Waals surface area (Å²) in [5, 5.41) is 0.723. The van der Waals surface area contributed by atoms with E-state index in [0.29, 0.717) is 0 Å². The molecular formula is C8H5Br5O. The van der Waals surface area contributed by atoms with Crippen molar-refractivity contribution < 1.29 is 4.74 Å². The highest BCUT2D eigenvalue weighted by molar-refractivity contribution is 9.15. The Hall–Kier alpha value is 1.42. The average molecular weight is 517 g/mol. The van der Waals surface area contributed by atoms with E-state index in [1.807, 2.05) is 0 Å². The Labute approximate surface area is 125 Å². The molecule has 1 aromatic carbocycles. The number of benzene rings is 1. The SMILES string of the molecule is COc1c(Br)c(Br)c(Br)c(Br)c1CBr. The van der Waals surface area contributed by atoms with Crippen LogP contribution in [0.2, 0.25) is 0 Å². The van der Waals surface area contributed by atoms with Crippen molar-refractivity contribution in [2.24, 2.45) is 0 Å². The van der Waals surface area contributed by atoms with Gasteiger partial charge in [-0.2, -0.15) is 0 Å². The highest BCUT2D eigenvalue weighted by atomic mass is 79.9. The number of ether oxygens (including phenoxy) is 1. The standard InChI is InChI=1S/C8H5Br5O/c1-14-8-3(2-9)4(10)5(11)6(12)7(8)13/h2H2,1H3. The van der Waals surface area contributed by atoms with Crippen LogP contribution < -0.4 is 4.74 Å². The third kappa shape index (κ3) is 2.39. The van der Waals surface area contributed by atoms with Gasteiger partial charge in [-0.3, -0.25) is 0 Å². The van der Waals surface area contributed by atoms with Crippen LogP contribution in [0.5, 0.6) is 5.75 Å². The van der Waals surface area contributed by atoms with Gasteiger partial charge in [0.15, 0.2) is 0 Å². The lowest BCUT2D eigenvalue weighted by Gasteiger charge is -2.14. The maximum absolute atomic E-state index is 5.33. The van der Waals surface area contributed by atoms with Crippen molar-refractivity contribution in [3.05, 3.63) is 23.5 Å². The van der Waals surface area contributed by atoms with Gasteiger partial charge in [0.25, 0.3) is 0 Å². The zero-order chi connectivity index (χ0) is 10.9. The normalized spacial score (nSPS) is 10.4. The van der Waals surface area contributed by atoms with Gasteiger partial charge >= 0.3 is 0 Å². The number of alkyl halides is 1. The lowest BCUT2D eigenvalue weighted by molar-refractivity contribution is 0.408. The molecule has 6 heteroatoms. The van der Waals surface area contributed by atoms with Crippen molar-refractivity contribution in [2.75, 3.05) is 7.11 Å². The fraction of sp³-hybridized carbons (Fsp3) is 0.250. The van der Waals surface area contributed by atoms with E-state index < -0.39 is 0 Å². The molecule has 1 nitrogen and oxygen atoms in total. The van der Waals surface area contributed by atoms with Gasteiger partial charge in [-0.15, -0.1) is 0 Å². The molecular weight excluding hydrogens is 512 g/mol. The third-order valence-electron chi connectivity index (χ3n) is 1.65. The van der Waals surface area contributed by atoms with Gasteiger partial charge in [0.2, 0.25) is 0 Å². The average Bonchev–Trinajstić information content (AvgIpc) is 2.20. The van der Waals surface area contributed by atoms with Crippen LogP contribution in [0.3, 0.4) is 0 Å². The molecule has 0 N–H and O–H groups in total. The summed E-state index contributed by atoms with van der Waals surface area (Å²) < 4.78 is 9.13. The van der Waals surface area contributed by atoms with Gasteiger partial charge < -0.3 is 4.74 Å². The molecule has 0 spiro atoms. The second kappa shape index (κ2) is 5.66. The number of rotatable bonds is 2. The zero-order valence-corrected chi connectivity index (χ0v) is 14.9. The highest BCUT2D eigenvalue weighted by Gasteiger charge is 2.18. The van der Waals surface area contributed by atoms with Gasteiger partial charge in [-0.25, -0.2) is 0 Å². The topological polar surface area (TPSA) is 9.23 Å². The maximum atomic E-state index is 5.33. The number of halogens is 5. The second-order valence-electron chi connectivity index (χ2n) is 2.40. The van der Waals surface area contributed by atoms with Crippen molar-refractivity contribution in [3.63, 3.8) is 0 Å². The van der Waals surface area contributed by atoms with E-state index in [4.69, 9.17) is 4.74 Å². The van der Waals surface area contributed by atoms with Crippen LogP contribution in [0.15, 0.2) is 17.9 Å². The van der Waals surface area contributed by atoms with Gasteiger partial charge in [0.05, 0.1) is 16.1 Å². The lowest BCUT2D eigenvalue weighted by atomic mass is 10.2. The fourth-order valence-electron chi connectivity index (χ4n) is 0.989. The molecule has 0 unspecified atom stereocenters. The molecule has 0 amide bonds. The van der Waals surface area contributed by atoms with Crippen molar-refractivity contribution in [3.8, 4) is 5.75 Å². The van der Waals surface area contributed by atoms with Crippen LogP contribution >= 0.6 is 79.6 Å². The Bertz CT molecular complexity index is 328. The number of methoxy groups -OCH3 is 1. The van der Waals surface area contributed by atoms with Crippen LogP contribution in [0, 0.1) is 0 Å². The molecule has 0 atom stereocenters. The van der Waals surface area contributed by atoms with Gasteiger partial charge in [0, 0.05) is 19.8 Å². The molecule has 0 aliphatic heterocycles. The van der Waals surface area contributed by atoms with Gasteiger partial charge in [-0.05, 0) is 63.7 Å². The van der Waals surface area contributed by atoms with Crippen LogP contribution in [0.25, 0.3) is 0 Å². The highest BCUT2D eigenvalue weighted by Crippen LogP contribution is 2.46. The quantitative estimate of drug-likeness (QED) is 0.281. The summed E-state index contributed by atoms with van der Waals surface area (Å²) >= 11 is 17.4. The minimum absolute atomic E-state index is 0.723. The summed E-state index contributed by atoms with van der Waals surface area (Å²) in [5.74, 6) is 0.823.